The number of nitrogens with one attached hydrogen (secondary N) is 1. The van der Waals surface area contributed by atoms with Gasteiger partial charge < -0.3 is 24.4 Å². The Morgan fingerprint density at radius 3 is 2.79 bits per heavy atom. The molecule has 0 bridgehead atoms. The molecule has 3 rings (SSSR count). The lowest BCUT2D eigenvalue weighted by atomic mass is 10.1. The topological polar surface area (TPSA) is 72.9 Å². The van der Waals surface area contributed by atoms with Gasteiger partial charge in [-0.05, 0) is 43.7 Å². The van der Waals surface area contributed by atoms with E-state index in [-0.39, 0.29) is 24.3 Å². The van der Waals surface area contributed by atoms with Crippen LogP contribution < -0.4 is 15.0 Å². The van der Waals surface area contributed by atoms with Crippen molar-refractivity contribution in [1.29, 1.82) is 0 Å². The maximum absolute atomic E-state index is 13.5. The van der Waals surface area contributed by atoms with Gasteiger partial charge in [0.2, 0.25) is 5.88 Å². The number of pyridine rings is 1. The molecule has 0 spiro atoms. The van der Waals surface area contributed by atoms with E-state index in [2.05, 4.69) is 15.2 Å². The Balaban J connectivity index is 1.67. The van der Waals surface area contributed by atoms with Crippen LogP contribution in [0.25, 0.3) is 0 Å². The Morgan fingerprint density at radius 2 is 2.17 bits per heavy atom. The van der Waals surface area contributed by atoms with Gasteiger partial charge in [0.15, 0.2) is 6.36 Å². The molecular formula is C21H32FN3O4. The molecule has 8 heteroatoms. The van der Waals surface area contributed by atoms with Crippen LogP contribution >= 0.6 is 0 Å². The normalized spacial score (nSPS) is 20.1. The van der Waals surface area contributed by atoms with Crippen molar-refractivity contribution in [3.05, 3.63) is 17.8 Å². The number of nitrogens with zero attached hydrogens (tertiary/aromatic N) is 2. The van der Waals surface area contributed by atoms with E-state index < -0.39 is 25.2 Å². The Labute approximate surface area is 174 Å². The van der Waals surface area contributed by atoms with Gasteiger partial charge in [-0.15, -0.1) is 0 Å². The van der Waals surface area contributed by atoms with Gasteiger partial charge in [0.1, 0.15) is 11.4 Å². The molecule has 1 N–H and O–H groups in total. The maximum atomic E-state index is 13.5. The summed E-state index contributed by atoms with van der Waals surface area (Å²) in [6.45, 7) is 3.95. The first-order chi connectivity index (χ1) is 14.8. The van der Waals surface area contributed by atoms with E-state index in [0.717, 1.165) is 31.6 Å². The highest BCUT2D eigenvalue weighted by Crippen LogP contribution is 2.34. The summed E-state index contributed by atoms with van der Waals surface area (Å²) in [5.41, 5.74) is 1.05. The van der Waals surface area contributed by atoms with Crippen molar-refractivity contribution in [2.24, 2.45) is 11.8 Å². The molecule has 1 unspecified atom stereocenters. The zero-order valence-electron chi connectivity index (χ0n) is 19.3. The number of amides is 1. The number of aromatic nitrogens is 1. The van der Waals surface area contributed by atoms with Crippen LogP contribution in [0.5, 0.6) is 5.88 Å². The highest BCUT2D eigenvalue weighted by atomic mass is 19.1. The Bertz CT molecular complexity index is 745. The summed E-state index contributed by atoms with van der Waals surface area (Å²) in [7, 11) is 1.69. The minimum Gasteiger partial charge on any atom is -0.476 e. The van der Waals surface area contributed by atoms with Crippen LogP contribution in [0.3, 0.4) is 0 Å². The number of carbonyl (C=O) groups excluding carboxylic acids is 1. The van der Waals surface area contributed by atoms with Crippen molar-refractivity contribution in [2.75, 3.05) is 38.3 Å². The molecule has 1 saturated carbocycles. The minimum absolute atomic E-state index is 0.0389. The third-order valence-electron chi connectivity index (χ3n) is 5.30. The highest BCUT2D eigenvalue weighted by molar-refractivity contribution is 5.93. The van der Waals surface area contributed by atoms with Crippen LogP contribution in [-0.4, -0.2) is 62.8 Å². The zero-order valence-corrected chi connectivity index (χ0v) is 17.3. The summed E-state index contributed by atoms with van der Waals surface area (Å²) in [4.78, 5) is 19.4. The lowest BCUT2D eigenvalue weighted by Crippen LogP contribution is -2.52. The van der Waals surface area contributed by atoms with Crippen molar-refractivity contribution in [3.63, 3.8) is 0 Å². The smallest absolute Gasteiger partial charge is 0.270 e. The second kappa shape index (κ2) is 9.71. The first-order valence-electron chi connectivity index (χ1n) is 11.3. The van der Waals surface area contributed by atoms with Crippen molar-refractivity contribution in [3.8, 4) is 5.88 Å². The number of halogens is 1. The molecule has 29 heavy (non-hydrogen) atoms. The molecule has 0 aromatic carbocycles. The van der Waals surface area contributed by atoms with Crippen molar-refractivity contribution >= 4 is 11.6 Å². The van der Waals surface area contributed by atoms with E-state index >= 15 is 0 Å². The fourth-order valence-corrected chi connectivity index (χ4v) is 3.01. The van der Waals surface area contributed by atoms with Crippen LogP contribution in [0, 0.1) is 11.8 Å². The molecule has 2 aliphatic rings. The fourth-order valence-electron chi connectivity index (χ4n) is 3.01. The summed E-state index contributed by atoms with van der Waals surface area (Å²) >= 11 is 0. The van der Waals surface area contributed by atoms with E-state index in [0.29, 0.717) is 18.4 Å². The van der Waals surface area contributed by atoms with Crippen LogP contribution in [0.1, 0.15) is 46.8 Å². The van der Waals surface area contributed by atoms with Gasteiger partial charge in [0.25, 0.3) is 5.91 Å². The van der Waals surface area contributed by atoms with Gasteiger partial charge >= 0.3 is 0 Å². The predicted molar refractivity (Wildman–Crippen MR) is 108 cm³/mol. The molecule has 2 atom stereocenters. The molecule has 0 radical (unpaired) electrons. The predicted octanol–water partition coefficient (Wildman–Crippen LogP) is 2.79. The van der Waals surface area contributed by atoms with Crippen molar-refractivity contribution < 1.29 is 26.1 Å². The second-order valence-corrected chi connectivity index (χ2v) is 8.05. The monoisotopic (exact) mass is 411 g/mol. The summed E-state index contributed by atoms with van der Waals surface area (Å²) < 4.78 is 43.8. The number of alkyl halides is 1. The summed E-state index contributed by atoms with van der Waals surface area (Å²) in [6, 6.07) is 2.99. The number of anilines is 1. The average Bonchev–Trinajstić information content (AvgIpc) is 3.53. The first-order valence-corrected chi connectivity index (χ1v) is 10.1. The molecule has 1 amide bonds. The number of hydrogen-bond donors (Lipinski definition) is 1. The summed E-state index contributed by atoms with van der Waals surface area (Å²) in [5, 5.41) is 2.82. The Kier molecular flexibility index (Phi) is 6.38. The summed E-state index contributed by atoms with van der Waals surface area (Å²) in [5.74, 6) is 0.529. The van der Waals surface area contributed by atoms with Gasteiger partial charge in [-0.2, -0.15) is 0 Å². The SMILES string of the molecule is [2H]C([2H])C(F)OC[C@@H](NC(=O)c1ccc(N2CC(OC)C2)c(OCC2CC2)n1)C(C)C. The van der Waals surface area contributed by atoms with E-state index in [1.807, 2.05) is 19.9 Å². The molecule has 162 valence electrons. The average molecular weight is 412 g/mol. The van der Waals surface area contributed by atoms with E-state index in [4.69, 9.17) is 17.0 Å². The Hall–Kier alpha value is -1.93. The van der Waals surface area contributed by atoms with E-state index in [9.17, 15) is 9.18 Å². The summed E-state index contributed by atoms with van der Waals surface area (Å²) in [6.07, 6.45) is 0.449. The number of ether oxygens (including phenoxy) is 3. The quantitative estimate of drug-likeness (QED) is 0.604. The molecular weight excluding hydrogens is 377 g/mol. The molecule has 2 fully saturated rings. The number of rotatable bonds is 11. The standard InChI is InChI=1S/C21H32FN3O4/c1-13(2)18(12-28-14(3)22)23-20(26)17-7-8-19(25-9-16(10-25)27-4)21(24-17)29-11-15-5-6-15/h7-8,13-16,18H,5-6,9-12H2,1-4H3,(H,23,26)/t14?,18-/m1/s1/i3D2. The van der Waals surface area contributed by atoms with E-state index in [1.54, 1.807) is 13.2 Å². The van der Waals surface area contributed by atoms with Crippen LogP contribution in [0.15, 0.2) is 12.1 Å². The van der Waals surface area contributed by atoms with E-state index in [1.165, 1.54) is 0 Å². The molecule has 2 heterocycles. The van der Waals surface area contributed by atoms with Gasteiger partial charge in [0.05, 0.1) is 25.4 Å². The van der Waals surface area contributed by atoms with Crippen LogP contribution in [-0.2, 0) is 9.47 Å². The third-order valence-corrected chi connectivity index (χ3v) is 5.30. The largest absolute Gasteiger partial charge is 0.476 e. The van der Waals surface area contributed by atoms with Gasteiger partial charge in [-0.3, -0.25) is 4.79 Å². The van der Waals surface area contributed by atoms with Gasteiger partial charge in [-0.25, -0.2) is 9.37 Å². The van der Waals surface area contributed by atoms with Gasteiger partial charge in [0, 0.05) is 22.9 Å². The first kappa shape index (κ1) is 19.1. The van der Waals surface area contributed by atoms with Crippen LogP contribution in [0.4, 0.5) is 10.1 Å². The molecule has 1 aliphatic heterocycles. The zero-order chi connectivity index (χ0) is 22.5. The second-order valence-electron chi connectivity index (χ2n) is 8.05. The molecule has 1 aliphatic carbocycles. The molecule has 1 saturated heterocycles. The fraction of sp³-hybridized carbons (Fsp3) is 0.714. The lowest BCUT2D eigenvalue weighted by Gasteiger charge is -2.40. The van der Waals surface area contributed by atoms with Gasteiger partial charge in [-0.1, -0.05) is 13.8 Å². The van der Waals surface area contributed by atoms with Crippen LogP contribution in [0.2, 0.25) is 0 Å². The number of methoxy groups -OCH3 is 1. The molecule has 1 aromatic rings. The van der Waals surface area contributed by atoms with Crippen molar-refractivity contribution in [1.82, 2.24) is 10.3 Å². The molecule has 1 aromatic heterocycles. The maximum Gasteiger partial charge on any atom is 0.270 e. The molecule has 7 nitrogen and oxygen atoms in total. The lowest BCUT2D eigenvalue weighted by molar-refractivity contribution is -0.0376. The number of hydrogen-bond acceptors (Lipinski definition) is 6. The van der Waals surface area contributed by atoms with Crippen molar-refractivity contribution in [2.45, 2.75) is 52.1 Å². The minimum atomic E-state index is -2.02. The third kappa shape index (κ3) is 6.02. The highest BCUT2D eigenvalue weighted by Gasteiger charge is 2.31. The number of carbonyl (C=O) groups is 1. The Morgan fingerprint density at radius 1 is 1.41 bits per heavy atom.